The smallest absolute Gasteiger partial charge is 0.232 e. The van der Waals surface area contributed by atoms with Crippen molar-refractivity contribution in [1.29, 1.82) is 0 Å². The molecule has 0 aliphatic carbocycles. The number of aryl methyl sites for hydroxylation is 2. The summed E-state index contributed by atoms with van der Waals surface area (Å²) < 4.78 is 30.6. The molecule has 1 rings (SSSR count). The quantitative estimate of drug-likeness (QED) is 0.880. The van der Waals surface area contributed by atoms with Crippen molar-refractivity contribution in [3.63, 3.8) is 0 Å². The van der Waals surface area contributed by atoms with Crippen LogP contribution in [-0.4, -0.2) is 21.3 Å². The van der Waals surface area contributed by atoms with Gasteiger partial charge in [0.1, 0.15) is 5.75 Å². The molecule has 0 fully saturated rings. The third kappa shape index (κ3) is 2.88. The zero-order valence-corrected chi connectivity index (χ0v) is 10.8. The maximum atomic E-state index is 11.4. The summed E-state index contributed by atoms with van der Waals surface area (Å²) in [5.41, 5.74) is 2.36. The normalized spacial score (nSPS) is 11.2. The van der Waals surface area contributed by atoms with Gasteiger partial charge in [0.15, 0.2) is 0 Å². The van der Waals surface area contributed by atoms with Crippen LogP contribution in [0.15, 0.2) is 12.1 Å². The fourth-order valence-corrected chi connectivity index (χ4v) is 2.06. The first kappa shape index (κ1) is 12.8. The van der Waals surface area contributed by atoms with Crippen molar-refractivity contribution in [2.75, 3.05) is 17.6 Å². The third-order valence-corrected chi connectivity index (χ3v) is 3.68. The number of hydrogen-bond donors (Lipinski definition) is 1. The highest BCUT2D eigenvalue weighted by atomic mass is 32.2. The summed E-state index contributed by atoms with van der Waals surface area (Å²) in [6.45, 7) is 5.32. The van der Waals surface area contributed by atoms with Gasteiger partial charge in [-0.3, -0.25) is 4.72 Å². The van der Waals surface area contributed by atoms with E-state index in [1.165, 1.54) is 0 Å². The first-order valence-electron chi connectivity index (χ1n) is 5.05. The van der Waals surface area contributed by atoms with Crippen molar-refractivity contribution in [1.82, 2.24) is 0 Å². The molecule has 4 nitrogen and oxygen atoms in total. The summed E-state index contributed by atoms with van der Waals surface area (Å²) in [5, 5.41) is 0. The van der Waals surface area contributed by atoms with Gasteiger partial charge in [0, 0.05) is 0 Å². The van der Waals surface area contributed by atoms with Crippen molar-refractivity contribution in [3.05, 3.63) is 23.3 Å². The molecule has 90 valence electrons. The molecule has 0 bridgehead atoms. The Balaban J connectivity index is 3.12. The lowest BCUT2D eigenvalue weighted by atomic mass is 10.1. The van der Waals surface area contributed by atoms with E-state index >= 15 is 0 Å². The molecule has 0 aliphatic heterocycles. The molecule has 1 aromatic rings. The van der Waals surface area contributed by atoms with Crippen LogP contribution in [0.25, 0.3) is 0 Å². The van der Waals surface area contributed by atoms with Gasteiger partial charge in [-0.1, -0.05) is 0 Å². The molecule has 16 heavy (non-hydrogen) atoms. The van der Waals surface area contributed by atoms with Crippen LogP contribution in [0.5, 0.6) is 5.75 Å². The largest absolute Gasteiger partial charge is 0.496 e. The van der Waals surface area contributed by atoms with Crippen LogP contribution in [0.4, 0.5) is 5.69 Å². The summed E-state index contributed by atoms with van der Waals surface area (Å²) in [4.78, 5) is 0. The van der Waals surface area contributed by atoms with Crippen LogP contribution in [0.1, 0.15) is 18.1 Å². The summed E-state index contributed by atoms with van der Waals surface area (Å²) in [6.07, 6.45) is 0. The molecule has 0 amide bonds. The van der Waals surface area contributed by atoms with Gasteiger partial charge in [-0.05, 0) is 44.0 Å². The first-order chi connectivity index (χ1) is 7.39. The monoisotopic (exact) mass is 243 g/mol. The van der Waals surface area contributed by atoms with E-state index in [2.05, 4.69) is 4.72 Å². The topological polar surface area (TPSA) is 55.4 Å². The molecule has 5 heteroatoms. The zero-order valence-electron chi connectivity index (χ0n) is 9.99. The summed E-state index contributed by atoms with van der Waals surface area (Å²) in [7, 11) is -1.63. The SMILES string of the molecule is CCS(=O)(=O)Nc1cc(C)c(OC)cc1C. The predicted molar refractivity (Wildman–Crippen MR) is 65.6 cm³/mol. The fourth-order valence-electron chi connectivity index (χ4n) is 1.36. The Hall–Kier alpha value is -1.23. The Morgan fingerprint density at radius 2 is 1.88 bits per heavy atom. The molecule has 0 saturated carbocycles. The Morgan fingerprint density at radius 1 is 1.25 bits per heavy atom. The molecule has 0 aromatic heterocycles. The molecule has 0 spiro atoms. The first-order valence-corrected chi connectivity index (χ1v) is 6.70. The number of sulfonamides is 1. The Kier molecular flexibility index (Phi) is 3.80. The molecule has 1 aromatic carbocycles. The van der Waals surface area contributed by atoms with Crippen LogP contribution in [0, 0.1) is 13.8 Å². The highest BCUT2D eigenvalue weighted by Gasteiger charge is 2.10. The highest BCUT2D eigenvalue weighted by molar-refractivity contribution is 7.92. The van der Waals surface area contributed by atoms with Gasteiger partial charge >= 0.3 is 0 Å². The van der Waals surface area contributed by atoms with Crippen molar-refractivity contribution in [2.24, 2.45) is 0 Å². The van der Waals surface area contributed by atoms with E-state index in [-0.39, 0.29) is 5.75 Å². The molecular weight excluding hydrogens is 226 g/mol. The van der Waals surface area contributed by atoms with Gasteiger partial charge in [0.2, 0.25) is 10.0 Å². The molecule has 0 atom stereocenters. The van der Waals surface area contributed by atoms with Crippen LogP contribution in [0.2, 0.25) is 0 Å². The number of methoxy groups -OCH3 is 1. The number of hydrogen-bond acceptors (Lipinski definition) is 3. The Bertz CT molecular complexity index is 480. The van der Waals surface area contributed by atoms with Crippen LogP contribution in [-0.2, 0) is 10.0 Å². The molecule has 1 N–H and O–H groups in total. The second-order valence-electron chi connectivity index (χ2n) is 3.64. The molecular formula is C11H17NO3S. The molecule has 0 unspecified atom stereocenters. The summed E-state index contributed by atoms with van der Waals surface area (Å²) >= 11 is 0. The minimum Gasteiger partial charge on any atom is -0.496 e. The van der Waals surface area contributed by atoms with E-state index in [1.54, 1.807) is 20.1 Å². The third-order valence-electron chi connectivity index (χ3n) is 2.39. The maximum Gasteiger partial charge on any atom is 0.232 e. The van der Waals surface area contributed by atoms with Crippen LogP contribution < -0.4 is 9.46 Å². The Morgan fingerprint density at radius 3 is 2.38 bits per heavy atom. The minimum absolute atomic E-state index is 0.0670. The van der Waals surface area contributed by atoms with Gasteiger partial charge < -0.3 is 4.74 Å². The van der Waals surface area contributed by atoms with Crippen molar-refractivity contribution in [3.8, 4) is 5.75 Å². The fraction of sp³-hybridized carbons (Fsp3) is 0.455. The van der Waals surface area contributed by atoms with Gasteiger partial charge in [0.05, 0.1) is 18.6 Å². The predicted octanol–water partition coefficient (Wildman–Crippen LogP) is 2.07. The summed E-state index contributed by atoms with van der Waals surface area (Å²) in [6, 6.07) is 3.60. The number of anilines is 1. The van der Waals surface area contributed by atoms with Gasteiger partial charge in [-0.2, -0.15) is 0 Å². The second kappa shape index (κ2) is 4.74. The van der Waals surface area contributed by atoms with Crippen molar-refractivity contribution in [2.45, 2.75) is 20.8 Å². The zero-order chi connectivity index (χ0) is 12.3. The number of ether oxygens (including phenoxy) is 1. The van der Waals surface area contributed by atoms with E-state index in [0.29, 0.717) is 5.69 Å². The van der Waals surface area contributed by atoms with Crippen LogP contribution in [0.3, 0.4) is 0 Å². The van der Waals surface area contributed by atoms with Gasteiger partial charge in [-0.25, -0.2) is 8.42 Å². The second-order valence-corrected chi connectivity index (χ2v) is 5.65. The lowest BCUT2D eigenvalue weighted by Gasteiger charge is -2.12. The molecule has 0 saturated heterocycles. The van der Waals surface area contributed by atoms with Crippen LogP contribution >= 0.6 is 0 Å². The average molecular weight is 243 g/mol. The van der Waals surface area contributed by atoms with E-state index < -0.39 is 10.0 Å². The number of rotatable bonds is 4. The highest BCUT2D eigenvalue weighted by Crippen LogP contribution is 2.26. The molecule has 0 radical (unpaired) electrons. The van der Waals surface area contributed by atoms with E-state index in [4.69, 9.17) is 4.74 Å². The van der Waals surface area contributed by atoms with E-state index in [9.17, 15) is 8.42 Å². The van der Waals surface area contributed by atoms with Crippen molar-refractivity contribution >= 4 is 15.7 Å². The van der Waals surface area contributed by atoms with Gasteiger partial charge in [0.25, 0.3) is 0 Å². The summed E-state index contributed by atoms with van der Waals surface area (Å²) in [5.74, 6) is 0.828. The molecule has 0 heterocycles. The lowest BCUT2D eigenvalue weighted by Crippen LogP contribution is -2.15. The lowest BCUT2D eigenvalue weighted by molar-refractivity contribution is 0.411. The van der Waals surface area contributed by atoms with E-state index in [1.807, 2.05) is 19.9 Å². The number of benzene rings is 1. The van der Waals surface area contributed by atoms with Crippen molar-refractivity contribution < 1.29 is 13.2 Å². The molecule has 0 aliphatic rings. The van der Waals surface area contributed by atoms with E-state index in [0.717, 1.165) is 16.9 Å². The van der Waals surface area contributed by atoms with Gasteiger partial charge in [-0.15, -0.1) is 0 Å². The standard InChI is InChI=1S/C11H17NO3S/c1-5-16(13,14)12-10-6-9(3)11(15-4)7-8(10)2/h6-7,12H,5H2,1-4H3. The Labute approximate surface area is 96.7 Å². The number of nitrogens with one attached hydrogen (secondary N) is 1. The average Bonchev–Trinajstić information content (AvgIpc) is 2.22. The minimum atomic E-state index is -3.22. The maximum absolute atomic E-state index is 11.4.